The molecule has 21 heavy (non-hydrogen) atoms. The third-order valence-electron chi connectivity index (χ3n) is 3.03. The van der Waals surface area contributed by atoms with Gasteiger partial charge in [-0.05, 0) is 59.5 Å². The molecule has 1 aromatic carbocycles. The van der Waals surface area contributed by atoms with Crippen molar-refractivity contribution in [3.63, 3.8) is 0 Å². The van der Waals surface area contributed by atoms with Gasteiger partial charge in [-0.2, -0.15) is 11.3 Å². The van der Waals surface area contributed by atoms with E-state index in [1.807, 2.05) is 6.92 Å². The van der Waals surface area contributed by atoms with Gasteiger partial charge >= 0.3 is 0 Å². The van der Waals surface area contributed by atoms with E-state index in [1.165, 1.54) is 5.56 Å². The van der Waals surface area contributed by atoms with E-state index >= 15 is 0 Å². The summed E-state index contributed by atoms with van der Waals surface area (Å²) in [5, 5.41) is 7.50. The Labute approximate surface area is 130 Å². The third-order valence-corrected chi connectivity index (χ3v) is 5.24. The molecule has 0 atom stereocenters. The molecule has 0 aliphatic heterocycles. The topological polar surface area (TPSA) is 58.2 Å². The van der Waals surface area contributed by atoms with Gasteiger partial charge in [-0.3, -0.25) is 0 Å². The zero-order valence-corrected chi connectivity index (χ0v) is 13.6. The average molecular weight is 324 g/mol. The van der Waals surface area contributed by atoms with E-state index in [0.717, 1.165) is 25.1 Å². The predicted molar refractivity (Wildman–Crippen MR) is 88.4 cm³/mol. The van der Waals surface area contributed by atoms with Crippen LogP contribution in [-0.4, -0.2) is 21.5 Å². The minimum atomic E-state index is -3.37. The fraction of sp³-hybridized carbons (Fsp3) is 0.333. The van der Waals surface area contributed by atoms with Crippen LogP contribution in [0.15, 0.2) is 46.0 Å². The SMILES string of the molecule is CCCNS(=O)(=O)c1ccc(NCCc2ccsc2)cc1. The Balaban J connectivity index is 1.89. The standard InChI is InChI=1S/C15H20N2O2S2/c1-2-9-17-21(18,19)15-5-3-14(4-6-15)16-10-7-13-8-11-20-12-13/h3-6,8,11-12,16-17H,2,7,9-10H2,1H3. The summed E-state index contributed by atoms with van der Waals surface area (Å²) in [6, 6.07) is 8.97. The van der Waals surface area contributed by atoms with E-state index < -0.39 is 10.0 Å². The Morgan fingerprint density at radius 3 is 2.48 bits per heavy atom. The largest absolute Gasteiger partial charge is 0.385 e. The van der Waals surface area contributed by atoms with Crippen LogP contribution in [-0.2, 0) is 16.4 Å². The van der Waals surface area contributed by atoms with E-state index in [-0.39, 0.29) is 0 Å². The van der Waals surface area contributed by atoms with E-state index in [2.05, 4.69) is 26.9 Å². The maximum atomic E-state index is 11.9. The van der Waals surface area contributed by atoms with Crippen LogP contribution >= 0.6 is 11.3 Å². The van der Waals surface area contributed by atoms with E-state index in [4.69, 9.17) is 0 Å². The molecule has 0 bridgehead atoms. The Morgan fingerprint density at radius 2 is 1.86 bits per heavy atom. The minimum absolute atomic E-state index is 0.305. The summed E-state index contributed by atoms with van der Waals surface area (Å²) in [6.45, 7) is 3.23. The van der Waals surface area contributed by atoms with Crippen molar-refractivity contribution < 1.29 is 8.42 Å². The Kier molecular flexibility index (Phi) is 5.78. The first-order valence-electron chi connectivity index (χ1n) is 6.96. The molecule has 2 aromatic rings. The van der Waals surface area contributed by atoms with Crippen molar-refractivity contribution in [1.82, 2.24) is 4.72 Å². The summed E-state index contributed by atoms with van der Waals surface area (Å²) in [5.74, 6) is 0. The van der Waals surface area contributed by atoms with Gasteiger partial charge in [0.05, 0.1) is 4.90 Å². The fourth-order valence-corrected chi connectivity index (χ4v) is 3.69. The molecule has 0 spiro atoms. The van der Waals surface area contributed by atoms with E-state index in [0.29, 0.717) is 11.4 Å². The van der Waals surface area contributed by atoms with Crippen LogP contribution < -0.4 is 10.0 Å². The summed E-state index contributed by atoms with van der Waals surface area (Å²) in [7, 11) is -3.37. The van der Waals surface area contributed by atoms with E-state index in [9.17, 15) is 8.42 Å². The van der Waals surface area contributed by atoms with Crippen LogP contribution in [0.3, 0.4) is 0 Å². The first kappa shape index (κ1) is 16.0. The second kappa shape index (κ2) is 7.59. The summed E-state index contributed by atoms with van der Waals surface area (Å²) in [5.41, 5.74) is 2.25. The molecule has 0 unspecified atom stereocenters. The lowest BCUT2D eigenvalue weighted by Crippen LogP contribution is -2.24. The minimum Gasteiger partial charge on any atom is -0.385 e. The Hall–Kier alpha value is -1.37. The van der Waals surface area contributed by atoms with Crippen LogP contribution in [0.1, 0.15) is 18.9 Å². The van der Waals surface area contributed by atoms with Crippen molar-refractivity contribution in [3.8, 4) is 0 Å². The highest BCUT2D eigenvalue weighted by atomic mass is 32.2. The first-order chi connectivity index (χ1) is 10.1. The van der Waals surface area contributed by atoms with Crippen molar-refractivity contribution in [2.24, 2.45) is 0 Å². The zero-order chi connectivity index (χ0) is 15.1. The molecule has 0 amide bonds. The number of rotatable bonds is 8. The highest BCUT2D eigenvalue weighted by molar-refractivity contribution is 7.89. The van der Waals surface area contributed by atoms with Gasteiger partial charge in [-0.25, -0.2) is 13.1 Å². The quantitative estimate of drug-likeness (QED) is 0.784. The van der Waals surface area contributed by atoms with Crippen molar-refractivity contribution in [2.75, 3.05) is 18.4 Å². The lowest BCUT2D eigenvalue weighted by molar-refractivity contribution is 0.581. The molecular weight excluding hydrogens is 304 g/mol. The molecule has 2 rings (SSSR count). The van der Waals surface area contributed by atoms with Gasteiger partial charge in [0.1, 0.15) is 0 Å². The van der Waals surface area contributed by atoms with Crippen LogP contribution in [0.5, 0.6) is 0 Å². The summed E-state index contributed by atoms with van der Waals surface area (Å²) in [6.07, 6.45) is 1.74. The maximum Gasteiger partial charge on any atom is 0.240 e. The molecular formula is C15H20N2O2S2. The molecule has 0 radical (unpaired) electrons. The highest BCUT2D eigenvalue weighted by Gasteiger charge is 2.12. The highest BCUT2D eigenvalue weighted by Crippen LogP contribution is 2.14. The number of benzene rings is 1. The second-order valence-electron chi connectivity index (χ2n) is 4.73. The van der Waals surface area contributed by atoms with Gasteiger partial charge in [-0.1, -0.05) is 6.92 Å². The molecule has 0 aliphatic rings. The molecule has 2 N–H and O–H groups in total. The lowest BCUT2D eigenvalue weighted by Gasteiger charge is -2.08. The summed E-state index contributed by atoms with van der Waals surface area (Å²) >= 11 is 1.70. The second-order valence-corrected chi connectivity index (χ2v) is 7.28. The predicted octanol–water partition coefficient (Wildman–Crippen LogP) is 3.09. The molecule has 0 saturated carbocycles. The number of anilines is 1. The third kappa shape index (κ3) is 4.84. The smallest absolute Gasteiger partial charge is 0.240 e. The van der Waals surface area contributed by atoms with Crippen molar-refractivity contribution in [2.45, 2.75) is 24.7 Å². The molecule has 4 nitrogen and oxygen atoms in total. The van der Waals surface area contributed by atoms with Crippen LogP contribution in [0.25, 0.3) is 0 Å². The molecule has 0 aliphatic carbocycles. The molecule has 1 aromatic heterocycles. The van der Waals surface area contributed by atoms with Gasteiger partial charge in [0.15, 0.2) is 0 Å². The first-order valence-corrected chi connectivity index (χ1v) is 9.39. The zero-order valence-electron chi connectivity index (χ0n) is 12.0. The van der Waals surface area contributed by atoms with Crippen molar-refractivity contribution in [3.05, 3.63) is 46.7 Å². The van der Waals surface area contributed by atoms with Crippen LogP contribution in [0.4, 0.5) is 5.69 Å². The molecule has 1 heterocycles. The van der Waals surface area contributed by atoms with Crippen LogP contribution in [0, 0.1) is 0 Å². The van der Waals surface area contributed by atoms with Crippen LogP contribution in [0.2, 0.25) is 0 Å². The summed E-state index contributed by atoms with van der Waals surface area (Å²) in [4.78, 5) is 0.305. The number of hydrogen-bond donors (Lipinski definition) is 2. The average Bonchev–Trinajstić information content (AvgIpc) is 2.99. The number of sulfonamides is 1. The molecule has 0 fully saturated rings. The Morgan fingerprint density at radius 1 is 1.10 bits per heavy atom. The van der Waals surface area contributed by atoms with Crippen molar-refractivity contribution >= 4 is 27.0 Å². The van der Waals surface area contributed by atoms with Gasteiger partial charge < -0.3 is 5.32 Å². The summed E-state index contributed by atoms with van der Waals surface area (Å²) < 4.78 is 26.4. The molecule has 0 saturated heterocycles. The van der Waals surface area contributed by atoms with Gasteiger partial charge in [0, 0.05) is 18.8 Å². The van der Waals surface area contributed by atoms with Crippen molar-refractivity contribution in [1.29, 1.82) is 0 Å². The fourth-order valence-electron chi connectivity index (χ4n) is 1.86. The number of hydrogen-bond acceptors (Lipinski definition) is 4. The normalized spacial score (nSPS) is 11.5. The molecule has 6 heteroatoms. The van der Waals surface area contributed by atoms with E-state index in [1.54, 1.807) is 35.6 Å². The monoisotopic (exact) mass is 324 g/mol. The lowest BCUT2D eigenvalue weighted by atomic mass is 10.2. The number of nitrogens with one attached hydrogen (secondary N) is 2. The van der Waals surface area contributed by atoms with Gasteiger partial charge in [-0.15, -0.1) is 0 Å². The number of thiophene rings is 1. The molecule has 114 valence electrons. The van der Waals surface area contributed by atoms with Gasteiger partial charge in [0.2, 0.25) is 10.0 Å². The maximum absolute atomic E-state index is 11.9. The Bertz CT molecular complexity index is 635. The van der Waals surface area contributed by atoms with Gasteiger partial charge in [0.25, 0.3) is 0 Å².